The third-order valence-corrected chi connectivity index (χ3v) is 2.66. The van der Waals surface area contributed by atoms with Crippen LogP contribution in [0, 0.1) is 5.92 Å². The van der Waals surface area contributed by atoms with Gasteiger partial charge in [0, 0.05) is 19.2 Å². The van der Waals surface area contributed by atoms with Crippen molar-refractivity contribution in [2.75, 3.05) is 37.9 Å². The summed E-state index contributed by atoms with van der Waals surface area (Å²) in [4.78, 5) is 0. The third-order valence-electron chi connectivity index (χ3n) is 2.66. The topological polar surface area (TPSA) is 56.5 Å². The van der Waals surface area contributed by atoms with Crippen LogP contribution < -0.4 is 15.8 Å². The molecule has 0 heterocycles. The van der Waals surface area contributed by atoms with E-state index in [-0.39, 0.29) is 0 Å². The molecule has 0 bridgehead atoms. The van der Waals surface area contributed by atoms with Crippen molar-refractivity contribution in [3.05, 3.63) is 18.2 Å². The number of nitrogens with two attached hydrogens (primary N) is 1. The fraction of sp³-hybridized carbons (Fsp3) is 0.571. The third kappa shape index (κ3) is 5.27. The molecule has 1 rings (SSSR count). The number of hydrogen-bond donors (Lipinski definition) is 2. The molecule has 0 aliphatic rings. The second kappa shape index (κ2) is 7.82. The number of hydrogen-bond acceptors (Lipinski definition) is 4. The first-order valence-corrected chi connectivity index (χ1v) is 6.38. The van der Waals surface area contributed by atoms with Crippen LogP contribution in [0.2, 0.25) is 0 Å². The lowest BCUT2D eigenvalue weighted by molar-refractivity contribution is 0.132. The molecule has 0 aromatic heterocycles. The van der Waals surface area contributed by atoms with Gasteiger partial charge in [-0.1, -0.05) is 13.8 Å². The second-order valence-corrected chi connectivity index (χ2v) is 4.67. The Morgan fingerprint density at radius 1 is 1.28 bits per heavy atom. The van der Waals surface area contributed by atoms with E-state index in [0.717, 1.165) is 31.0 Å². The Morgan fingerprint density at radius 3 is 2.67 bits per heavy atom. The molecule has 0 spiro atoms. The lowest BCUT2D eigenvalue weighted by Gasteiger charge is -2.11. The SMILES string of the molecule is COc1ccc(NCCOCCC(C)C)c(N)c1. The number of ether oxygens (including phenoxy) is 2. The Bertz CT molecular complexity index is 354. The first-order valence-electron chi connectivity index (χ1n) is 6.38. The molecule has 0 fully saturated rings. The van der Waals surface area contributed by atoms with Gasteiger partial charge < -0.3 is 20.5 Å². The summed E-state index contributed by atoms with van der Waals surface area (Å²) in [5.41, 5.74) is 7.51. The van der Waals surface area contributed by atoms with Crippen LogP contribution in [-0.2, 0) is 4.74 Å². The van der Waals surface area contributed by atoms with Gasteiger partial charge >= 0.3 is 0 Å². The van der Waals surface area contributed by atoms with Crippen LogP contribution in [0.1, 0.15) is 20.3 Å². The number of benzene rings is 1. The van der Waals surface area contributed by atoms with Gasteiger partial charge in [0.2, 0.25) is 0 Å². The number of anilines is 2. The Labute approximate surface area is 109 Å². The van der Waals surface area contributed by atoms with Gasteiger partial charge in [-0.25, -0.2) is 0 Å². The van der Waals surface area contributed by atoms with Crippen molar-refractivity contribution in [3.8, 4) is 5.75 Å². The van der Waals surface area contributed by atoms with E-state index in [1.165, 1.54) is 0 Å². The van der Waals surface area contributed by atoms with Crippen molar-refractivity contribution in [3.63, 3.8) is 0 Å². The first-order chi connectivity index (χ1) is 8.63. The van der Waals surface area contributed by atoms with Crippen molar-refractivity contribution in [1.82, 2.24) is 0 Å². The van der Waals surface area contributed by atoms with Crippen molar-refractivity contribution in [1.29, 1.82) is 0 Å². The van der Waals surface area contributed by atoms with E-state index in [2.05, 4.69) is 19.2 Å². The molecule has 1 aromatic carbocycles. The monoisotopic (exact) mass is 252 g/mol. The molecular weight excluding hydrogens is 228 g/mol. The lowest BCUT2D eigenvalue weighted by atomic mass is 10.1. The minimum absolute atomic E-state index is 0.690. The first kappa shape index (κ1) is 14.6. The standard InChI is InChI=1S/C14H24N2O2/c1-11(2)6-8-18-9-7-16-14-5-4-12(17-3)10-13(14)15/h4-5,10-11,16H,6-9,15H2,1-3H3. The highest BCUT2D eigenvalue weighted by molar-refractivity contribution is 5.68. The maximum Gasteiger partial charge on any atom is 0.121 e. The van der Waals surface area contributed by atoms with Crippen LogP contribution in [0.3, 0.4) is 0 Å². The zero-order chi connectivity index (χ0) is 13.4. The zero-order valence-corrected chi connectivity index (χ0v) is 11.5. The number of nitrogen functional groups attached to an aromatic ring is 1. The van der Waals surface area contributed by atoms with Crippen molar-refractivity contribution in [2.24, 2.45) is 5.92 Å². The molecule has 0 radical (unpaired) electrons. The molecule has 0 aliphatic carbocycles. The minimum atomic E-state index is 0.690. The van der Waals surface area contributed by atoms with E-state index in [1.54, 1.807) is 7.11 Å². The molecule has 102 valence electrons. The summed E-state index contributed by atoms with van der Waals surface area (Å²) < 4.78 is 10.6. The highest BCUT2D eigenvalue weighted by atomic mass is 16.5. The second-order valence-electron chi connectivity index (χ2n) is 4.67. The van der Waals surface area contributed by atoms with Gasteiger partial charge in [-0.2, -0.15) is 0 Å². The quantitative estimate of drug-likeness (QED) is 0.552. The smallest absolute Gasteiger partial charge is 0.121 e. The van der Waals surface area contributed by atoms with E-state index in [0.29, 0.717) is 18.2 Å². The Hall–Kier alpha value is -1.42. The van der Waals surface area contributed by atoms with Crippen LogP contribution in [0.5, 0.6) is 5.75 Å². The molecule has 0 saturated carbocycles. The maximum atomic E-state index is 5.89. The summed E-state index contributed by atoms with van der Waals surface area (Å²) in [6.45, 7) is 6.66. The fourth-order valence-electron chi connectivity index (χ4n) is 1.51. The van der Waals surface area contributed by atoms with Gasteiger partial charge in [0.1, 0.15) is 5.75 Å². The summed E-state index contributed by atoms with van der Waals surface area (Å²) in [5, 5.41) is 3.25. The number of methoxy groups -OCH3 is 1. The van der Waals surface area contributed by atoms with E-state index < -0.39 is 0 Å². The average molecular weight is 252 g/mol. The number of nitrogens with one attached hydrogen (secondary N) is 1. The summed E-state index contributed by atoms with van der Waals surface area (Å²) in [6.07, 6.45) is 1.10. The summed E-state index contributed by atoms with van der Waals surface area (Å²) in [5.74, 6) is 1.46. The van der Waals surface area contributed by atoms with Crippen LogP contribution in [0.25, 0.3) is 0 Å². The van der Waals surface area contributed by atoms with Crippen molar-refractivity contribution >= 4 is 11.4 Å². The van der Waals surface area contributed by atoms with E-state index >= 15 is 0 Å². The lowest BCUT2D eigenvalue weighted by Crippen LogP contribution is -2.11. The van der Waals surface area contributed by atoms with Crippen LogP contribution in [-0.4, -0.2) is 26.9 Å². The molecular formula is C14H24N2O2. The molecule has 0 amide bonds. The normalized spacial score (nSPS) is 10.7. The number of rotatable bonds is 8. The van der Waals surface area contributed by atoms with E-state index in [9.17, 15) is 0 Å². The average Bonchev–Trinajstić information content (AvgIpc) is 2.34. The molecule has 3 N–H and O–H groups in total. The van der Waals surface area contributed by atoms with Crippen LogP contribution in [0.4, 0.5) is 11.4 Å². The molecule has 4 nitrogen and oxygen atoms in total. The van der Waals surface area contributed by atoms with Gasteiger partial charge in [-0.05, 0) is 24.5 Å². The van der Waals surface area contributed by atoms with Crippen molar-refractivity contribution in [2.45, 2.75) is 20.3 Å². The molecule has 0 unspecified atom stereocenters. The zero-order valence-electron chi connectivity index (χ0n) is 11.5. The summed E-state index contributed by atoms with van der Waals surface area (Å²) in [7, 11) is 1.63. The predicted molar refractivity (Wildman–Crippen MR) is 76.2 cm³/mol. The maximum absolute atomic E-state index is 5.89. The van der Waals surface area contributed by atoms with Gasteiger partial charge in [0.05, 0.1) is 25.1 Å². The predicted octanol–water partition coefficient (Wildman–Crippen LogP) is 2.75. The Kier molecular flexibility index (Phi) is 6.36. The van der Waals surface area contributed by atoms with Gasteiger partial charge in [-0.15, -0.1) is 0 Å². The fourth-order valence-corrected chi connectivity index (χ4v) is 1.51. The van der Waals surface area contributed by atoms with Gasteiger partial charge in [0.25, 0.3) is 0 Å². The highest BCUT2D eigenvalue weighted by Crippen LogP contribution is 2.23. The van der Waals surface area contributed by atoms with E-state index in [1.807, 2.05) is 18.2 Å². The van der Waals surface area contributed by atoms with E-state index in [4.69, 9.17) is 15.2 Å². The molecule has 0 aliphatic heterocycles. The molecule has 1 aromatic rings. The highest BCUT2D eigenvalue weighted by Gasteiger charge is 2.00. The Morgan fingerprint density at radius 2 is 2.06 bits per heavy atom. The van der Waals surface area contributed by atoms with Gasteiger partial charge in [0.15, 0.2) is 0 Å². The molecule has 0 atom stereocenters. The Balaban J connectivity index is 2.23. The summed E-state index contributed by atoms with van der Waals surface area (Å²) in [6, 6.07) is 5.61. The van der Waals surface area contributed by atoms with Crippen LogP contribution >= 0.6 is 0 Å². The minimum Gasteiger partial charge on any atom is -0.497 e. The van der Waals surface area contributed by atoms with Crippen molar-refractivity contribution < 1.29 is 9.47 Å². The van der Waals surface area contributed by atoms with Gasteiger partial charge in [-0.3, -0.25) is 0 Å². The van der Waals surface area contributed by atoms with Crippen LogP contribution in [0.15, 0.2) is 18.2 Å². The summed E-state index contributed by atoms with van der Waals surface area (Å²) >= 11 is 0. The molecule has 4 heteroatoms. The molecule has 18 heavy (non-hydrogen) atoms. The molecule has 0 saturated heterocycles. The largest absolute Gasteiger partial charge is 0.497 e.